The highest BCUT2D eigenvalue weighted by Gasteiger charge is 2.22. The van der Waals surface area contributed by atoms with Crippen LogP contribution in [0, 0.1) is 0 Å². The molecule has 7 nitrogen and oxygen atoms in total. The SMILES string of the molecule is CCCC(CC)NC(=O)NC(CC(N)=O)C(=O)O. The van der Waals surface area contributed by atoms with Crippen molar-refractivity contribution in [3.63, 3.8) is 0 Å². The van der Waals surface area contributed by atoms with Crippen molar-refractivity contribution in [1.82, 2.24) is 10.6 Å². The number of carboxylic acids is 1. The summed E-state index contributed by atoms with van der Waals surface area (Å²) in [6.07, 6.45) is 2.07. The topological polar surface area (TPSA) is 122 Å². The van der Waals surface area contributed by atoms with Crippen molar-refractivity contribution in [2.75, 3.05) is 0 Å². The highest BCUT2D eigenvalue weighted by molar-refractivity contribution is 5.87. The van der Waals surface area contributed by atoms with Gasteiger partial charge in [0.15, 0.2) is 0 Å². The van der Waals surface area contributed by atoms with Crippen molar-refractivity contribution in [2.24, 2.45) is 5.73 Å². The molecule has 0 fully saturated rings. The fraction of sp³-hybridized carbons (Fsp3) is 0.727. The highest BCUT2D eigenvalue weighted by atomic mass is 16.4. The van der Waals surface area contributed by atoms with Gasteiger partial charge in [-0.2, -0.15) is 0 Å². The van der Waals surface area contributed by atoms with Crippen LogP contribution in [0.2, 0.25) is 0 Å². The lowest BCUT2D eigenvalue weighted by Crippen LogP contribution is -2.50. The molecule has 0 heterocycles. The molecule has 2 atom stereocenters. The summed E-state index contributed by atoms with van der Waals surface area (Å²) in [5, 5.41) is 13.7. The molecular weight excluding hydrogens is 238 g/mol. The van der Waals surface area contributed by atoms with Gasteiger partial charge in [0.05, 0.1) is 6.42 Å². The second-order valence-corrected chi connectivity index (χ2v) is 4.07. The molecule has 0 aromatic carbocycles. The fourth-order valence-electron chi connectivity index (χ4n) is 1.51. The Bertz CT molecular complexity index is 307. The number of rotatable bonds is 8. The van der Waals surface area contributed by atoms with Gasteiger partial charge < -0.3 is 21.5 Å². The Morgan fingerprint density at radius 3 is 2.22 bits per heavy atom. The second-order valence-electron chi connectivity index (χ2n) is 4.07. The Kier molecular flexibility index (Phi) is 7.50. The van der Waals surface area contributed by atoms with Crippen LogP contribution in [0.3, 0.4) is 0 Å². The zero-order valence-electron chi connectivity index (χ0n) is 10.7. The molecule has 0 aromatic heterocycles. The minimum Gasteiger partial charge on any atom is -0.480 e. The minimum atomic E-state index is -1.29. The van der Waals surface area contributed by atoms with Crippen LogP contribution in [0.25, 0.3) is 0 Å². The van der Waals surface area contributed by atoms with E-state index in [9.17, 15) is 14.4 Å². The third-order valence-electron chi connectivity index (χ3n) is 2.47. The number of carboxylic acid groups (broad SMARTS) is 1. The number of aliphatic carboxylic acids is 1. The largest absolute Gasteiger partial charge is 0.480 e. The van der Waals surface area contributed by atoms with Gasteiger partial charge in [0.1, 0.15) is 6.04 Å². The van der Waals surface area contributed by atoms with E-state index in [-0.39, 0.29) is 6.04 Å². The maximum absolute atomic E-state index is 11.5. The van der Waals surface area contributed by atoms with Gasteiger partial charge in [-0.25, -0.2) is 9.59 Å². The molecule has 0 aliphatic rings. The standard InChI is InChI=1S/C11H21N3O4/c1-3-5-7(4-2)13-11(18)14-8(10(16)17)6-9(12)15/h7-8H,3-6H2,1-2H3,(H2,12,15)(H,16,17)(H2,13,14,18). The Morgan fingerprint density at radius 2 is 1.83 bits per heavy atom. The van der Waals surface area contributed by atoms with Crippen LogP contribution in [0.4, 0.5) is 4.79 Å². The van der Waals surface area contributed by atoms with Crippen LogP contribution in [0.1, 0.15) is 39.5 Å². The van der Waals surface area contributed by atoms with E-state index < -0.39 is 30.4 Å². The first-order chi connectivity index (χ1) is 8.40. The molecule has 0 spiro atoms. The van der Waals surface area contributed by atoms with Gasteiger partial charge in [0.2, 0.25) is 5.91 Å². The van der Waals surface area contributed by atoms with Crippen LogP contribution in [0.15, 0.2) is 0 Å². The van der Waals surface area contributed by atoms with Crippen LogP contribution < -0.4 is 16.4 Å². The molecular formula is C11H21N3O4. The second kappa shape index (κ2) is 8.32. The number of nitrogens with two attached hydrogens (primary N) is 1. The van der Waals surface area contributed by atoms with Gasteiger partial charge in [-0.3, -0.25) is 4.79 Å². The molecule has 0 radical (unpaired) electrons. The molecule has 7 heteroatoms. The van der Waals surface area contributed by atoms with E-state index in [1.165, 1.54) is 0 Å². The summed E-state index contributed by atoms with van der Waals surface area (Å²) >= 11 is 0. The first-order valence-corrected chi connectivity index (χ1v) is 5.98. The van der Waals surface area contributed by atoms with E-state index in [2.05, 4.69) is 10.6 Å². The Labute approximate surface area is 106 Å². The predicted octanol–water partition coefficient (Wildman–Crippen LogP) is 0.193. The normalized spacial score (nSPS) is 13.4. The third-order valence-corrected chi connectivity index (χ3v) is 2.47. The van der Waals surface area contributed by atoms with Gasteiger partial charge in [-0.1, -0.05) is 20.3 Å². The van der Waals surface area contributed by atoms with Crippen molar-refractivity contribution < 1.29 is 19.5 Å². The molecule has 0 aromatic rings. The maximum atomic E-state index is 11.5. The Balaban J connectivity index is 4.32. The van der Waals surface area contributed by atoms with Gasteiger partial charge in [-0.15, -0.1) is 0 Å². The summed E-state index contributed by atoms with van der Waals surface area (Å²) in [5.74, 6) is -2.06. The van der Waals surface area contributed by atoms with Crippen LogP contribution >= 0.6 is 0 Å². The molecule has 104 valence electrons. The summed E-state index contributed by atoms with van der Waals surface area (Å²) in [6.45, 7) is 3.92. The van der Waals surface area contributed by atoms with Crippen molar-refractivity contribution >= 4 is 17.9 Å². The first-order valence-electron chi connectivity index (χ1n) is 5.98. The smallest absolute Gasteiger partial charge is 0.326 e. The summed E-state index contributed by atoms with van der Waals surface area (Å²) in [5.41, 5.74) is 4.91. The zero-order valence-corrected chi connectivity index (χ0v) is 10.7. The summed E-state index contributed by atoms with van der Waals surface area (Å²) in [7, 11) is 0. The van der Waals surface area contributed by atoms with E-state index >= 15 is 0 Å². The van der Waals surface area contributed by atoms with E-state index in [0.29, 0.717) is 0 Å². The number of nitrogens with one attached hydrogen (secondary N) is 2. The minimum absolute atomic E-state index is 0.00183. The van der Waals surface area contributed by atoms with Crippen LogP contribution in [0.5, 0.6) is 0 Å². The van der Waals surface area contributed by atoms with E-state index in [0.717, 1.165) is 19.3 Å². The molecule has 18 heavy (non-hydrogen) atoms. The van der Waals surface area contributed by atoms with Gasteiger partial charge >= 0.3 is 12.0 Å². The lowest BCUT2D eigenvalue weighted by molar-refractivity contribution is -0.140. The lowest BCUT2D eigenvalue weighted by atomic mass is 10.1. The molecule has 0 saturated carbocycles. The Hall–Kier alpha value is -1.79. The van der Waals surface area contributed by atoms with Crippen molar-refractivity contribution in [3.05, 3.63) is 0 Å². The molecule has 5 N–H and O–H groups in total. The fourth-order valence-corrected chi connectivity index (χ4v) is 1.51. The molecule has 3 amide bonds. The molecule has 0 bridgehead atoms. The zero-order chi connectivity index (χ0) is 14.1. The number of hydrogen-bond acceptors (Lipinski definition) is 3. The van der Waals surface area contributed by atoms with Crippen LogP contribution in [-0.4, -0.2) is 35.1 Å². The van der Waals surface area contributed by atoms with E-state index in [1.807, 2.05) is 13.8 Å². The van der Waals surface area contributed by atoms with Crippen molar-refractivity contribution in [3.8, 4) is 0 Å². The summed E-state index contributed by atoms with van der Waals surface area (Å²) in [4.78, 5) is 33.0. The van der Waals surface area contributed by atoms with Crippen molar-refractivity contribution in [2.45, 2.75) is 51.6 Å². The van der Waals surface area contributed by atoms with Crippen LogP contribution in [-0.2, 0) is 9.59 Å². The summed E-state index contributed by atoms with van der Waals surface area (Å²) in [6, 6.07) is -1.89. The van der Waals surface area contributed by atoms with Gasteiger partial charge in [-0.05, 0) is 12.8 Å². The number of hydrogen-bond donors (Lipinski definition) is 4. The third kappa shape index (κ3) is 6.72. The number of primary amides is 1. The number of carbonyl (C=O) groups excluding carboxylic acids is 2. The monoisotopic (exact) mass is 259 g/mol. The number of urea groups is 1. The molecule has 0 aliphatic carbocycles. The molecule has 0 aliphatic heterocycles. The number of carbonyl (C=O) groups is 3. The van der Waals surface area contributed by atoms with Crippen molar-refractivity contribution in [1.29, 1.82) is 0 Å². The summed E-state index contributed by atoms with van der Waals surface area (Å²) < 4.78 is 0. The molecule has 0 saturated heterocycles. The maximum Gasteiger partial charge on any atom is 0.326 e. The average molecular weight is 259 g/mol. The average Bonchev–Trinajstić information content (AvgIpc) is 2.26. The van der Waals surface area contributed by atoms with E-state index in [4.69, 9.17) is 10.8 Å². The lowest BCUT2D eigenvalue weighted by Gasteiger charge is -2.19. The van der Waals surface area contributed by atoms with E-state index in [1.54, 1.807) is 0 Å². The number of amides is 3. The molecule has 0 rings (SSSR count). The quantitative estimate of drug-likeness (QED) is 0.497. The first kappa shape index (κ1) is 16.2. The van der Waals surface area contributed by atoms with Gasteiger partial charge in [0.25, 0.3) is 0 Å². The predicted molar refractivity (Wildman–Crippen MR) is 65.9 cm³/mol. The highest BCUT2D eigenvalue weighted by Crippen LogP contribution is 2.01. The van der Waals surface area contributed by atoms with Gasteiger partial charge in [0, 0.05) is 6.04 Å². The molecule has 2 unspecified atom stereocenters. The Morgan fingerprint density at radius 1 is 1.22 bits per heavy atom.